The minimum absolute atomic E-state index is 0.219. The number of amides is 1. The van der Waals surface area contributed by atoms with Gasteiger partial charge < -0.3 is 14.4 Å². The number of hydrogen-bond donors (Lipinski definition) is 0. The minimum atomic E-state index is -0.473. The van der Waals surface area contributed by atoms with Gasteiger partial charge in [-0.05, 0) is 24.3 Å². The van der Waals surface area contributed by atoms with Crippen LogP contribution in [0, 0.1) is 11.8 Å². The minimum Gasteiger partial charge on any atom is -0.347 e. The molecule has 3 atom stereocenters. The van der Waals surface area contributed by atoms with Gasteiger partial charge in [0.05, 0.1) is 18.6 Å². The Morgan fingerprint density at radius 1 is 1.13 bits per heavy atom. The Morgan fingerprint density at radius 2 is 1.83 bits per heavy atom. The molecular weight excluding hydrogens is 290 g/mol. The molecular formula is C19H25NO3. The highest BCUT2D eigenvalue weighted by atomic mass is 16.7. The number of likely N-dealkylation sites (N-methyl/N-ethyl adjacent to an activating group) is 1. The maximum Gasteiger partial charge on any atom is 0.233 e. The van der Waals surface area contributed by atoms with Crippen LogP contribution >= 0.6 is 0 Å². The summed E-state index contributed by atoms with van der Waals surface area (Å²) >= 11 is 0. The Morgan fingerprint density at radius 3 is 2.52 bits per heavy atom. The highest BCUT2D eigenvalue weighted by Crippen LogP contribution is 2.56. The molecule has 2 heterocycles. The zero-order valence-electron chi connectivity index (χ0n) is 14.0. The highest BCUT2D eigenvalue weighted by Gasteiger charge is 2.62. The van der Waals surface area contributed by atoms with Crippen LogP contribution in [-0.2, 0) is 19.7 Å². The number of rotatable bonds is 1. The highest BCUT2D eigenvalue weighted by molar-refractivity contribution is 5.89. The summed E-state index contributed by atoms with van der Waals surface area (Å²) in [6.45, 7) is 4.37. The van der Waals surface area contributed by atoms with Gasteiger partial charge in [0.25, 0.3) is 0 Å². The van der Waals surface area contributed by atoms with E-state index in [1.165, 1.54) is 0 Å². The molecule has 1 saturated carbocycles. The third-order valence-corrected chi connectivity index (χ3v) is 6.37. The molecule has 4 rings (SSSR count). The van der Waals surface area contributed by atoms with Gasteiger partial charge in [0.1, 0.15) is 0 Å². The SMILES string of the molecule is C[C@H]1[C@@H]2CCN(C)C(=O)C2(c2ccccc2)CCC12OCCO2. The Hall–Kier alpha value is -1.39. The van der Waals surface area contributed by atoms with Crippen molar-refractivity contribution < 1.29 is 14.3 Å². The van der Waals surface area contributed by atoms with Crippen molar-refractivity contribution in [3.63, 3.8) is 0 Å². The molecule has 1 unspecified atom stereocenters. The molecule has 4 nitrogen and oxygen atoms in total. The molecule has 0 bridgehead atoms. The smallest absolute Gasteiger partial charge is 0.233 e. The number of carbonyl (C=O) groups is 1. The van der Waals surface area contributed by atoms with Gasteiger partial charge in [-0.25, -0.2) is 0 Å². The average Bonchev–Trinajstić information content (AvgIpc) is 3.05. The summed E-state index contributed by atoms with van der Waals surface area (Å²) in [5.41, 5.74) is 0.732. The van der Waals surface area contributed by atoms with E-state index < -0.39 is 11.2 Å². The lowest BCUT2D eigenvalue weighted by Gasteiger charge is -2.56. The van der Waals surface area contributed by atoms with Gasteiger partial charge in [0.15, 0.2) is 5.79 Å². The third-order valence-electron chi connectivity index (χ3n) is 6.37. The zero-order valence-corrected chi connectivity index (χ0v) is 14.0. The first-order chi connectivity index (χ1) is 11.1. The molecule has 4 heteroatoms. The third kappa shape index (κ3) is 2.01. The van der Waals surface area contributed by atoms with Crippen LogP contribution < -0.4 is 0 Å². The lowest BCUT2D eigenvalue weighted by molar-refractivity contribution is -0.238. The fraction of sp³-hybridized carbons (Fsp3) is 0.632. The normalized spacial score (nSPS) is 36.3. The van der Waals surface area contributed by atoms with Crippen LogP contribution in [0.2, 0.25) is 0 Å². The van der Waals surface area contributed by atoms with Crippen molar-refractivity contribution in [3.8, 4) is 0 Å². The van der Waals surface area contributed by atoms with Crippen molar-refractivity contribution in [2.45, 2.75) is 37.4 Å². The summed E-state index contributed by atoms with van der Waals surface area (Å²) < 4.78 is 12.1. The van der Waals surface area contributed by atoms with Crippen LogP contribution in [0.25, 0.3) is 0 Å². The van der Waals surface area contributed by atoms with Gasteiger partial charge in [0.2, 0.25) is 5.91 Å². The molecule has 2 aliphatic heterocycles. The number of ether oxygens (including phenoxy) is 2. The van der Waals surface area contributed by atoms with E-state index in [0.29, 0.717) is 13.2 Å². The summed E-state index contributed by atoms with van der Waals surface area (Å²) in [6, 6.07) is 10.3. The summed E-state index contributed by atoms with van der Waals surface area (Å²) in [4.78, 5) is 15.2. The molecule has 1 amide bonds. The molecule has 0 radical (unpaired) electrons. The quantitative estimate of drug-likeness (QED) is 0.799. The van der Waals surface area contributed by atoms with Gasteiger partial charge in [-0.1, -0.05) is 37.3 Å². The van der Waals surface area contributed by atoms with E-state index in [-0.39, 0.29) is 17.7 Å². The molecule has 2 saturated heterocycles. The Kier molecular flexibility index (Phi) is 3.50. The Bertz CT molecular complexity index is 596. The van der Waals surface area contributed by atoms with Gasteiger partial charge in [-0.2, -0.15) is 0 Å². The van der Waals surface area contributed by atoms with Gasteiger partial charge in [-0.3, -0.25) is 4.79 Å². The van der Waals surface area contributed by atoms with Gasteiger partial charge >= 0.3 is 0 Å². The maximum atomic E-state index is 13.3. The predicted octanol–water partition coefficient (Wildman–Crippen LogP) is 2.58. The van der Waals surface area contributed by atoms with Crippen molar-refractivity contribution in [2.75, 3.05) is 26.8 Å². The van der Waals surface area contributed by atoms with E-state index in [1.807, 2.05) is 30.1 Å². The maximum absolute atomic E-state index is 13.3. The predicted molar refractivity (Wildman–Crippen MR) is 86.9 cm³/mol. The number of piperidine rings is 1. The largest absolute Gasteiger partial charge is 0.347 e. The first-order valence-corrected chi connectivity index (χ1v) is 8.69. The van der Waals surface area contributed by atoms with Crippen LogP contribution in [-0.4, -0.2) is 43.4 Å². The summed E-state index contributed by atoms with van der Waals surface area (Å²) in [5, 5.41) is 0. The second-order valence-corrected chi connectivity index (χ2v) is 7.26. The van der Waals surface area contributed by atoms with E-state index in [0.717, 1.165) is 31.4 Å². The summed E-state index contributed by atoms with van der Waals surface area (Å²) in [7, 11) is 1.93. The fourth-order valence-corrected chi connectivity index (χ4v) is 5.15. The molecule has 3 aliphatic rings. The number of nitrogens with zero attached hydrogens (tertiary/aromatic N) is 1. The van der Waals surface area contributed by atoms with Gasteiger partial charge in [-0.15, -0.1) is 0 Å². The van der Waals surface area contributed by atoms with E-state index in [4.69, 9.17) is 9.47 Å². The number of benzene rings is 1. The number of carbonyl (C=O) groups excluding carboxylic acids is 1. The number of fused-ring (bicyclic) bond motifs is 1. The molecule has 1 aliphatic carbocycles. The molecule has 1 spiro atoms. The monoisotopic (exact) mass is 315 g/mol. The van der Waals surface area contributed by atoms with Crippen LogP contribution in [0.3, 0.4) is 0 Å². The van der Waals surface area contributed by atoms with Crippen LogP contribution in [0.15, 0.2) is 30.3 Å². The summed E-state index contributed by atoms with van der Waals surface area (Å²) in [5.74, 6) is 0.274. The van der Waals surface area contributed by atoms with E-state index in [9.17, 15) is 4.79 Å². The van der Waals surface area contributed by atoms with Crippen molar-refractivity contribution in [3.05, 3.63) is 35.9 Å². The molecule has 23 heavy (non-hydrogen) atoms. The molecule has 1 aromatic carbocycles. The first-order valence-electron chi connectivity index (χ1n) is 8.69. The molecule has 1 aromatic rings. The Balaban J connectivity index is 1.80. The fourth-order valence-electron chi connectivity index (χ4n) is 5.15. The van der Waals surface area contributed by atoms with Crippen LogP contribution in [0.5, 0.6) is 0 Å². The first kappa shape index (κ1) is 15.2. The van der Waals surface area contributed by atoms with E-state index in [1.54, 1.807) is 0 Å². The molecule has 0 N–H and O–H groups in total. The second kappa shape index (κ2) is 5.32. The van der Waals surface area contributed by atoms with E-state index in [2.05, 4.69) is 19.1 Å². The molecule has 3 fully saturated rings. The van der Waals surface area contributed by atoms with Crippen LogP contribution in [0.4, 0.5) is 0 Å². The number of hydrogen-bond acceptors (Lipinski definition) is 3. The average molecular weight is 315 g/mol. The topological polar surface area (TPSA) is 38.8 Å². The molecule has 124 valence electrons. The van der Waals surface area contributed by atoms with Gasteiger partial charge in [0, 0.05) is 25.9 Å². The van der Waals surface area contributed by atoms with Crippen molar-refractivity contribution in [2.24, 2.45) is 11.8 Å². The van der Waals surface area contributed by atoms with E-state index >= 15 is 0 Å². The number of likely N-dealkylation sites (tertiary alicyclic amines) is 1. The van der Waals surface area contributed by atoms with Crippen molar-refractivity contribution >= 4 is 5.91 Å². The zero-order chi connectivity index (χ0) is 16.1. The second-order valence-electron chi connectivity index (χ2n) is 7.26. The van der Waals surface area contributed by atoms with Crippen molar-refractivity contribution in [1.29, 1.82) is 0 Å². The lowest BCUT2D eigenvalue weighted by atomic mass is 9.54. The standard InChI is InChI=1S/C19H25NO3/c1-14-16-8-11-20(2)17(21)18(16,15-6-4-3-5-7-15)9-10-19(14)22-12-13-23-19/h3-7,14,16H,8-13H2,1-2H3/t14-,16-,18?/m0/s1. The lowest BCUT2D eigenvalue weighted by Crippen LogP contribution is -2.63. The van der Waals surface area contributed by atoms with Crippen molar-refractivity contribution in [1.82, 2.24) is 4.90 Å². The Labute approximate surface area is 137 Å². The van der Waals surface area contributed by atoms with Crippen LogP contribution in [0.1, 0.15) is 31.7 Å². The molecule has 0 aromatic heterocycles. The summed E-state index contributed by atoms with van der Waals surface area (Å²) in [6.07, 6.45) is 2.60.